The van der Waals surface area contributed by atoms with Crippen molar-refractivity contribution in [3.8, 4) is 11.5 Å². The number of nitrogens with zero attached hydrogens (tertiary/aromatic N) is 2. The van der Waals surface area contributed by atoms with Gasteiger partial charge in [0.1, 0.15) is 11.5 Å². The van der Waals surface area contributed by atoms with E-state index in [1.807, 2.05) is 42.6 Å². The lowest BCUT2D eigenvalue weighted by Gasteiger charge is -2.38. The number of aliphatic carboxylic acids is 1. The molecule has 156 valence electrons. The van der Waals surface area contributed by atoms with Gasteiger partial charge in [-0.15, -0.1) is 0 Å². The Kier molecular flexibility index (Phi) is 5.86. The number of piperidine rings is 1. The highest BCUT2D eigenvalue weighted by atomic mass is 16.5. The average Bonchev–Trinajstić information content (AvgIpc) is 2.80. The van der Waals surface area contributed by atoms with Gasteiger partial charge < -0.3 is 14.6 Å². The molecule has 0 spiro atoms. The Morgan fingerprint density at radius 3 is 2.53 bits per heavy atom. The number of hydrogen-bond donors (Lipinski definition) is 1. The molecule has 0 saturated carbocycles. The molecule has 6 nitrogen and oxygen atoms in total. The van der Waals surface area contributed by atoms with Crippen molar-refractivity contribution in [2.75, 3.05) is 27.3 Å². The molecule has 0 aliphatic carbocycles. The second-order valence-corrected chi connectivity index (χ2v) is 7.58. The van der Waals surface area contributed by atoms with Gasteiger partial charge in [-0.1, -0.05) is 18.2 Å². The monoisotopic (exact) mass is 406 g/mol. The lowest BCUT2D eigenvalue weighted by Crippen LogP contribution is -2.39. The van der Waals surface area contributed by atoms with Crippen LogP contribution in [0.3, 0.4) is 0 Å². The van der Waals surface area contributed by atoms with Crippen LogP contribution in [0, 0.1) is 5.92 Å². The van der Waals surface area contributed by atoms with Crippen LogP contribution < -0.4 is 9.47 Å². The summed E-state index contributed by atoms with van der Waals surface area (Å²) in [5.74, 6) is 0.496. The number of pyridine rings is 1. The Bertz CT molecular complexity index is 1040. The van der Waals surface area contributed by atoms with Crippen LogP contribution in [0.15, 0.2) is 54.7 Å². The van der Waals surface area contributed by atoms with E-state index in [1.54, 1.807) is 14.2 Å². The first kappa shape index (κ1) is 20.2. The Morgan fingerprint density at radius 2 is 1.83 bits per heavy atom. The molecule has 6 heteroatoms. The van der Waals surface area contributed by atoms with Crippen molar-refractivity contribution in [3.63, 3.8) is 0 Å². The third-order valence-electron chi connectivity index (χ3n) is 5.96. The molecule has 2 heterocycles. The molecule has 1 aliphatic rings. The summed E-state index contributed by atoms with van der Waals surface area (Å²) in [6.07, 6.45) is 3.10. The smallest absolute Gasteiger partial charge is 0.306 e. The summed E-state index contributed by atoms with van der Waals surface area (Å²) >= 11 is 0. The summed E-state index contributed by atoms with van der Waals surface area (Å²) < 4.78 is 11.1. The molecule has 1 aliphatic heterocycles. The van der Waals surface area contributed by atoms with Gasteiger partial charge in [-0.25, -0.2) is 0 Å². The van der Waals surface area contributed by atoms with Crippen LogP contribution in [0.1, 0.15) is 30.0 Å². The molecule has 4 rings (SSSR count). The van der Waals surface area contributed by atoms with E-state index < -0.39 is 5.97 Å². The minimum atomic E-state index is -0.706. The molecule has 2 aromatic carbocycles. The standard InChI is InChI=1S/C24H26N2O4/c1-29-17-7-8-20(22(15-17)30-2)23(26-13-10-16(11-14-26)24(27)28)19-9-12-25-21-6-4-3-5-18(19)21/h3-9,12,15-16,23H,10-11,13-14H2,1-2H3,(H,27,28). The molecule has 1 saturated heterocycles. The van der Waals surface area contributed by atoms with Gasteiger partial charge in [-0.3, -0.25) is 14.7 Å². The molecule has 1 fully saturated rings. The summed E-state index contributed by atoms with van der Waals surface area (Å²) in [5, 5.41) is 10.5. The Labute approximate surface area is 176 Å². The summed E-state index contributed by atoms with van der Waals surface area (Å²) in [5.41, 5.74) is 3.11. The minimum absolute atomic E-state index is 0.0755. The van der Waals surface area contributed by atoms with Crippen LogP contribution in [0.5, 0.6) is 11.5 Å². The maximum absolute atomic E-state index is 11.5. The van der Waals surface area contributed by atoms with Crippen LogP contribution in [0.25, 0.3) is 10.9 Å². The van der Waals surface area contributed by atoms with Crippen molar-refractivity contribution in [2.24, 2.45) is 5.92 Å². The first-order valence-corrected chi connectivity index (χ1v) is 10.1. The van der Waals surface area contributed by atoms with Crippen LogP contribution in [-0.2, 0) is 4.79 Å². The number of likely N-dealkylation sites (tertiary alicyclic amines) is 1. The van der Waals surface area contributed by atoms with Gasteiger partial charge in [0.15, 0.2) is 0 Å². The molecule has 1 aromatic heterocycles. The fourth-order valence-electron chi connectivity index (χ4n) is 4.37. The van der Waals surface area contributed by atoms with Gasteiger partial charge in [-0.2, -0.15) is 0 Å². The lowest BCUT2D eigenvalue weighted by molar-refractivity contribution is -0.143. The zero-order valence-corrected chi connectivity index (χ0v) is 17.2. The van der Waals surface area contributed by atoms with E-state index in [-0.39, 0.29) is 12.0 Å². The number of carboxylic acid groups (broad SMARTS) is 1. The van der Waals surface area contributed by atoms with Gasteiger partial charge in [0.05, 0.1) is 31.7 Å². The molecule has 1 unspecified atom stereocenters. The highest BCUT2D eigenvalue weighted by Crippen LogP contribution is 2.40. The summed E-state index contributed by atoms with van der Waals surface area (Å²) in [6.45, 7) is 1.40. The predicted molar refractivity (Wildman–Crippen MR) is 115 cm³/mol. The van der Waals surface area contributed by atoms with E-state index in [0.29, 0.717) is 25.9 Å². The largest absolute Gasteiger partial charge is 0.497 e. The van der Waals surface area contributed by atoms with E-state index in [9.17, 15) is 9.90 Å². The van der Waals surface area contributed by atoms with Crippen molar-refractivity contribution < 1.29 is 19.4 Å². The molecule has 1 atom stereocenters. The summed E-state index contributed by atoms with van der Waals surface area (Å²) in [6, 6.07) is 16.0. The summed E-state index contributed by atoms with van der Waals surface area (Å²) in [7, 11) is 3.30. The predicted octanol–water partition coefficient (Wildman–Crippen LogP) is 4.14. The average molecular weight is 406 g/mol. The summed E-state index contributed by atoms with van der Waals surface area (Å²) in [4.78, 5) is 18.3. The van der Waals surface area contributed by atoms with Gasteiger partial charge in [0, 0.05) is 23.2 Å². The van der Waals surface area contributed by atoms with Crippen LogP contribution >= 0.6 is 0 Å². The van der Waals surface area contributed by atoms with E-state index in [2.05, 4.69) is 22.0 Å². The highest BCUT2D eigenvalue weighted by molar-refractivity contribution is 5.83. The van der Waals surface area contributed by atoms with Crippen molar-refractivity contribution in [3.05, 3.63) is 65.9 Å². The fraction of sp³-hybridized carbons (Fsp3) is 0.333. The SMILES string of the molecule is COc1ccc(C(c2ccnc3ccccc23)N2CCC(C(=O)O)CC2)c(OC)c1. The molecular weight excluding hydrogens is 380 g/mol. The number of aromatic nitrogens is 1. The molecular formula is C24H26N2O4. The number of ether oxygens (including phenoxy) is 2. The topological polar surface area (TPSA) is 71.9 Å². The minimum Gasteiger partial charge on any atom is -0.497 e. The maximum atomic E-state index is 11.5. The lowest BCUT2D eigenvalue weighted by atomic mass is 9.89. The molecule has 0 bridgehead atoms. The van der Waals surface area contributed by atoms with Crippen molar-refractivity contribution in [1.29, 1.82) is 0 Å². The second-order valence-electron chi connectivity index (χ2n) is 7.58. The van der Waals surface area contributed by atoms with Gasteiger partial charge in [0.2, 0.25) is 0 Å². The highest BCUT2D eigenvalue weighted by Gasteiger charge is 2.32. The second kappa shape index (κ2) is 8.71. The van der Waals surface area contributed by atoms with Gasteiger partial charge >= 0.3 is 5.97 Å². The first-order chi connectivity index (χ1) is 14.6. The fourth-order valence-corrected chi connectivity index (χ4v) is 4.37. The number of para-hydroxylation sites is 1. The Hall–Kier alpha value is -3.12. The number of carbonyl (C=O) groups is 1. The number of carboxylic acids is 1. The third kappa shape index (κ3) is 3.83. The van der Waals surface area contributed by atoms with Crippen LogP contribution in [-0.4, -0.2) is 48.3 Å². The van der Waals surface area contributed by atoms with Gasteiger partial charge in [-0.05, 0) is 55.8 Å². The number of benzene rings is 2. The Morgan fingerprint density at radius 1 is 1.07 bits per heavy atom. The molecule has 30 heavy (non-hydrogen) atoms. The molecule has 3 aromatic rings. The normalized spacial score (nSPS) is 16.3. The molecule has 0 radical (unpaired) electrons. The number of methoxy groups -OCH3 is 2. The van der Waals surface area contributed by atoms with Crippen molar-refractivity contribution in [2.45, 2.75) is 18.9 Å². The van der Waals surface area contributed by atoms with Crippen molar-refractivity contribution >= 4 is 16.9 Å². The third-order valence-corrected chi connectivity index (χ3v) is 5.96. The number of fused-ring (bicyclic) bond motifs is 1. The van der Waals surface area contributed by atoms with Gasteiger partial charge in [0.25, 0.3) is 0 Å². The molecule has 1 N–H and O–H groups in total. The van der Waals surface area contributed by atoms with E-state index >= 15 is 0 Å². The zero-order valence-electron chi connectivity index (χ0n) is 17.2. The van der Waals surface area contributed by atoms with E-state index in [1.165, 1.54) is 0 Å². The number of rotatable bonds is 6. The zero-order chi connectivity index (χ0) is 21.1. The Balaban J connectivity index is 1.83. The quantitative estimate of drug-likeness (QED) is 0.663. The number of hydrogen-bond acceptors (Lipinski definition) is 5. The van der Waals surface area contributed by atoms with Crippen molar-refractivity contribution in [1.82, 2.24) is 9.88 Å². The van der Waals surface area contributed by atoms with Crippen LogP contribution in [0.4, 0.5) is 0 Å². The first-order valence-electron chi connectivity index (χ1n) is 10.1. The van der Waals surface area contributed by atoms with E-state index in [0.717, 1.165) is 33.5 Å². The maximum Gasteiger partial charge on any atom is 0.306 e. The van der Waals surface area contributed by atoms with Crippen LogP contribution in [0.2, 0.25) is 0 Å². The molecule has 0 amide bonds. The van der Waals surface area contributed by atoms with E-state index in [4.69, 9.17) is 9.47 Å².